The first-order chi connectivity index (χ1) is 12.6. The number of amides is 1. The first kappa shape index (κ1) is 16.6. The highest BCUT2D eigenvalue weighted by Crippen LogP contribution is 2.24. The fourth-order valence-corrected chi connectivity index (χ4v) is 3.15. The van der Waals surface area contributed by atoms with Crippen LogP contribution in [0.4, 0.5) is 5.69 Å². The fraction of sp³-hybridized carbons (Fsp3) is 0.300. The van der Waals surface area contributed by atoms with Gasteiger partial charge in [0.1, 0.15) is 18.2 Å². The van der Waals surface area contributed by atoms with Gasteiger partial charge in [-0.1, -0.05) is 12.1 Å². The summed E-state index contributed by atoms with van der Waals surface area (Å²) < 4.78 is 13.2. The fourth-order valence-electron chi connectivity index (χ4n) is 3.15. The van der Waals surface area contributed by atoms with Gasteiger partial charge in [-0.3, -0.25) is 4.79 Å². The van der Waals surface area contributed by atoms with Gasteiger partial charge in [-0.15, -0.1) is 0 Å². The van der Waals surface area contributed by atoms with E-state index in [1.807, 2.05) is 49.4 Å². The van der Waals surface area contributed by atoms with Crippen LogP contribution in [-0.4, -0.2) is 35.7 Å². The topological polar surface area (TPSA) is 56.6 Å². The predicted molar refractivity (Wildman–Crippen MR) is 99.5 cm³/mol. The molecule has 1 aromatic heterocycles. The molecule has 2 heterocycles. The van der Waals surface area contributed by atoms with Crippen molar-refractivity contribution in [1.29, 1.82) is 0 Å². The molecule has 26 heavy (non-hydrogen) atoms. The molecule has 0 unspecified atom stereocenters. The number of aryl methyl sites for hydroxylation is 1. The Morgan fingerprint density at radius 1 is 1.31 bits per heavy atom. The van der Waals surface area contributed by atoms with E-state index in [-0.39, 0.29) is 12.5 Å². The van der Waals surface area contributed by atoms with E-state index in [0.29, 0.717) is 19.0 Å². The molecular formula is C20H21N3O3. The summed E-state index contributed by atoms with van der Waals surface area (Å²) in [5, 5.41) is 0. The number of likely N-dealkylation sites (N-methyl/N-ethyl adjacent to an activating group) is 1. The van der Waals surface area contributed by atoms with Crippen LogP contribution in [0.15, 0.2) is 42.5 Å². The number of anilines is 1. The monoisotopic (exact) mass is 351 g/mol. The van der Waals surface area contributed by atoms with Crippen LogP contribution in [0.3, 0.4) is 0 Å². The number of nitrogens with zero attached hydrogens (tertiary/aromatic N) is 3. The first-order valence-electron chi connectivity index (χ1n) is 8.65. The normalized spacial score (nSPS) is 13.5. The highest BCUT2D eigenvalue weighted by atomic mass is 16.5. The van der Waals surface area contributed by atoms with Crippen molar-refractivity contribution < 1.29 is 14.3 Å². The second-order valence-electron chi connectivity index (χ2n) is 6.46. The van der Waals surface area contributed by atoms with Crippen molar-refractivity contribution in [2.24, 2.45) is 0 Å². The van der Waals surface area contributed by atoms with Crippen molar-refractivity contribution in [2.75, 3.05) is 25.2 Å². The molecule has 3 aromatic rings. The Balaban J connectivity index is 1.50. The zero-order valence-electron chi connectivity index (χ0n) is 14.9. The van der Waals surface area contributed by atoms with Gasteiger partial charge < -0.3 is 18.9 Å². The van der Waals surface area contributed by atoms with Crippen LogP contribution in [0.1, 0.15) is 11.4 Å². The number of carbonyl (C=O) groups excluding carboxylic acids is 1. The molecule has 0 aliphatic carbocycles. The minimum Gasteiger partial charge on any atom is -0.484 e. The maximum Gasteiger partial charge on any atom is 0.264 e. The Kier molecular flexibility index (Phi) is 4.34. The van der Waals surface area contributed by atoms with E-state index in [9.17, 15) is 4.79 Å². The van der Waals surface area contributed by atoms with Crippen molar-refractivity contribution in [1.82, 2.24) is 9.55 Å². The van der Waals surface area contributed by atoms with Gasteiger partial charge in [-0.2, -0.15) is 0 Å². The van der Waals surface area contributed by atoms with Crippen LogP contribution < -0.4 is 9.64 Å². The Bertz CT molecular complexity index is 964. The van der Waals surface area contributed by atoms with Crippen molar-refractivity contribution >= 4 is 22.6 Å². The molecular weight excluding hydrogens is 330 g/mol. The predicted octanol–water partition coefficient (Wildman–Crippen LogP) is 2.92. The van der Waals surface area contributed by atoms with E-state index < -0.39 is 0 Å². The summed E-state index contributed by atoms with van der Waals surface area (Å²) in [5.74, 6) is 1.52. The average molecular weight is 351 g/mol. The number of carbonyl (C=O) groups is 1. The Morgan fingerprint density at radius 3 is 3.04 bits per heavy atom. The van der Waals surface area contributed by atoms with Crippen molar-refractivity contribution in [3.8, 4) is 5.75 Å². The molecule has 134 valence electrons. The summed E-state index contributed by atoms with van der Waals surface area (Å²) in [6.45, 7) is 4.03. The van der Waals surface area contributed by atoms with Crippen LogP contribution in [0.2, 0.25) is 0 Å². The molecule has 0 N–H and O–H groups in total. The summed E-state index contributed by atoms with van der Waals surface area (Å²) >= 11 is 0. The zero-order chi connectivity index (χ0) is 18.1. The number of ether oxygens (including phenoxy) is 2. The first-order valence-corrected chi connectivity index (χ1v) is 8.65. The van der Waals surface area contributed by atoms with E-state index in [0.717, 1.165) is 34.7 Å². The lowest BCUT2D eigenvalue weighted by Crippen LogP contribution is -2.31. The van der Waals surface area contributed by atoms with Crippen LogP contribution in [0.5, 0.6) is 5.75 Å². The van der Waals surface area contributed by atoms with Crippen LogP contribution >= 0.6 is 0 Å². The number of fused-ring (bicyclic) bond motifs is 3. The molecule has 0 radical (unpaired) electrons. The minimum absolute atomic E-state index is 0.00841. The molecule has 0 atom stereocenters. The summed E-state index contributed by atoms with van der Waals surface area (Å²) in [4.78, 5) is 18.7. The van der Waals surface area contributed by atoms with E-state index in [1.54, 1.807) is 11.9 Å². The van der Waals surface area contributed by atoms with Gasteiger partial charge >= 0.3 is 0 Å². The number of hydrogen-bond acceptors (Lipinski definition) is 4. The maximum absolute atomic E-state index is 12.5. The van der Waals surface area contributed by atoms with Gasteiger partial charge in [0.25, 0.3) is 5.91 Å². The number of benzene rings is 2. The van der Waals surface area contributed by atoms with Crippen molar-refractivity contribution in [2.45, 2.75) is 20.1 Å². The van der Waals surface area contributed by atoms with Crippen LogP contribution in [-0.2, 0) is 22.7 Å². The van der Waals surface area contributed by atoms with Crippen molar-refractivity contribution in [3.05, 3.63) is 53.9 Å². The summed E-state index contributed by atoms with van der Waals surface area (Å²) in [5.41, 5.74) is 3.85. The Hall–Kier alpha value is -2.86. The molecule has 1 aliphatic heterocycles. The van der Waals surface area contributed by atoms with Gasteiger partial charge in [0.15, 0.2) is 6.61 Å². The van der Waals surface area contributed by atoms with E-state index >= 15 is 0 Å². The quantitative estimate of drug-likeness (QED) is 0.725. The molecule has 1 amide bonds. The largest absolute Gasteiger partial charge is 0.484 e. The maximum atomic E-state index is 12.5. The Morgan fingerprint density at radius 2 is 2.19 bits per heavy atom. The number of rotatable bonds is 4. The highest BCUT2D eigenvalue weighted by Gasteiger charge is 2.17. The van der Waals surface area contributed by atoms with E-state index in [4.69, 9.17) is 9.47 Å². The van der Waals surface area contributed by atoms with Crippen LogP contribution in [0.25, 0.3) is 11.0 Å². The number of aromatic nitrogens is 2. The molecule has 4 rings (SSSR count). The molecule has 1 aliphatic rings. The second kappa shape index (κ2) is 6.80. The lowest BCUT2D eigenvalue weighted by Gasteiger charge is -2.18. The van der Waals surface area contributed by atoms with Gasteiger partial charge in [0.2, 0.25) is 0 Å². The molecule has 6 heteroatoms. The van der Waals surface area contributed by atoms with Crippen LogP contribution in [0, 0.1) is 6.92 Å². The SMILES string of the molecule is Cc1cccc(OCC(=O)N(C)c2ccc3c(c2)nc2n3CCOC2)c1. The zero-order valence-corrected chi connectivity index (χ0v) is 14.9. The van der Waals surface area contributed by atoms with E-state index in [1.165, 1.54) is 0 Å². The highest BCUT2D eigenvalue weighted by molar-refractivity contribution is 5.95. The van der Waals surface area contributed by atoms with Crippen molar-refractivity contribution in [3.63, 3.8) is 0 Å². The van der Waals surface area contributed by atoms with Gasteiger partial charge in [0.05, 0.1) is 17.6 Å². The summed E-state index contributed by atoms with van der Waals surface area (Å²) in [6.07, 6.45) is 0. The van der Waals surface area contributed by atoms with Gasteiger partial charge in [-0.25, -0.2) is 4.98 Å². The second-order valence-corrected chi connectivity index (χ2v) is 6.46. The molecule has 0 bridgehead atoms. The lowest BCUT2D eigenvalue weighted by molar-refractivity contribution is -0.120. The minimum atomic E-state index is -0.113. The smallest absolute Gasteiger partial charge is 0.264 e. The summed E-state index contributed by atoms with van der Waals surface area (Å²) in [6, 6.07) is 13.6. The molecule has 6 nitrogen and oxygen atoms in total. The molecule has 0 spiro atoms. The third kappa shape index (κ3) is 3.15. The Labute approximate surface area is 152 Å². The average Bonchev–Trinajstić information content (AvgIpc) is 3.03. The third-order valence-corrected chi connectivity index (χ3v) is 4.61. The number of hydrogen-bond donors (Lipinski definition) is 0. The summed E-state index contributed by atoms with van der Waals surface area (Å²) in [7, 11) is 1.75. The van der Waals surface area contributed by atoms with Gasteiger partial charge in [-0.05, 0) is 42.8 Å². The molecule has 0 saturated carbocycles. The molecule has 0 fully saturated rings. The van der Waals surface area contributed by atoms with E-state index in [2.05, 4.69) is 9.55 Å². The molecule has 2 aromatic carbocycles. The van der Waals surface area contributed by atoms with Gasteiger partial charge in [0, 0.05) is 19.3 Å². The molecule has 0 saturated heterocycles. The third-order valence-electron chi connectivity index (χ3n) is 4.61. The standard InChI is InChI=1S/C20H21N3O3/c1-14-4-3-5-16(10-14)26-13-20(24)22(2)15-6-7-18-17(11-15)21-19-12-25-9-8-23(18)19/h3-7,10-11H,8-9,12-13H2,1-2H3. The number of imidazole rings is 1. The lowest BCUT2D eigenvalue weighted by atomic mass is 10.2.